The minimum atomic E-state index is -0.132. The van der Waals surface area contributed by atoms with Gasteiger partial charge in [-0.15, -0.1) is 0 Å². The minimum Gasteiger partial charge on any atom is -0.506 e. The number of aromatic nitrogens is 1. The normalized spacial score (nSPS) is 17.3. The van der Waals surface area contributed by atoms with Crippen LogP contribution in [0.15, 0.2) is 6.20 Å². The Morgan fingerprint density at radius 2 is 2.12 bits per heavy atom. The summed E-state index contributed by atoms with van der Waals surface area (Å²) < 4.78 is 0. The molecule has 17 heavy (non-hydrogen) atoms. The van der Waals surface area contributed by atoms with Gasteiger partial charge in [0.15, 0.2) is 0 Å². The fourth-order valence-electron chi connectivity index (χ4n) is 2.00. The second-order valence-corrected chi connectivity index (χ2v) is 5.47. The topological polar surface area (TPSA) is 56.6 Å². The standard InChI is InChI=1S/C12H18N2O2S/c1-9-12(16)11(8-15)10(6-13-9)7-14-2-4-17-5-3-14/h6,15-16H,2-5,7-8H2,1H3. The molecule has 1 aromatic rings. The third-order valence-corrected chi connectivity index (χ3v) is 4.03. The van der Waals surface area contributed by atoms with Crippen molar-refractivity contribution in [1.29, 1.82) is 0 Å². The van der Waals surface area contributed by atoms with E-state index in [1.54, 1.807) is 13.1 Å². The van der Waals surface area contributed by atoms with Gasteiger partial charge in [-0.05, 0) is 12.5 Å². The highest BCUT2D eigenvalue weighted by Gasteiger charge is 2.15. The van der Waals surface area contributed by atoms with E-state index in [-0.39, 0.29) is 12.4 Å². The van der Waals surface area contributed by atoms with Crippen molar-refractivity contribution in [3.05, 3.63) is 23.0 Å². The van der Waals surface area contributed by atoms with E-state index in [4.69, 9.17) is 0 Å². The summed E-state index contributed by atoms with van der Waals surface area (Å²) in [7, 11) is 0. The van der Waals surface area contributed by atoms with Crippen LogP contribution in [-0.2, 0) is 13.2 Å². The Kier molecular flexibility index (Phi) is 4.25. The molecular weight excluding hydrogens is 236 g/mol. The molecule has 1 fully saturated rings. The van der Waals surface area contributed by atoms with E-state index < -0.39 is 0 Å². The molecule has 0 radical (unpaired) electrons. The molecule has 0 bridgehead atoms. The highest BCUT2D eigenvalue weighted by atomic mass is 32.2. The summed E-state index contributed by atoms with van der Waals surface area (Å²) in [6.45, 7) is 4.49. The third kappa shape index (κ3) is 2.91. The lowest BCUT2D eigenvalue weighted by Crippen LogP contribution is -2.32. The number of thioether (sulfide) groups is 1. The number of aryl methyl sites for hydroxylation is 1. The van der Waals surface area contributed by atoms with Crippen LogP contribution in [0.25, 0.3) is 0 Å². The molecule has 1 aliphatic rings. The fraction of sp³-hybridized carbons (Fsp3) is 0.583. The largest absolute Gasteiger partial charge is 0.506 e. The first-order valence-electron chi connectivity index (χ1n) is 5.79. The Bertz CT molecular complexity index is 392. The van der Waals surface area contributed by atoms with E-state index in [0.29, 0.717) is 11.3 Å². The first-order chi connectivity index (χ1) is 8.22. The van der Waals surface area contributed by atoms with Crippen molar-refractivity contribution in [2.24, 2.45) is 0 Å². The molecule has 0 saturated carbocycles. The average Bonchev–Trinajstić information content (AvgIpc) is 2.36. The molecule has 1 saturated heterocycles. The second kappa shape index (κ2) is 5.71. The molecule has 0 aliphatic carbocycles. The van der Waals surface area contributed by atoms with Gasteiger partial charge < -0.3 is 10.2 Å². The van der Waals surface area contributed by atoms with Gasteiger partial charge in [0.1, 0.15) is 5.75 Å². The van der Waals surface area contributed by atoms with E-state index in [9.17, 15) is 10.2 Å². The van der Waals surface area contributed by atoms with Gasteiger partial charge in [-0.3, -0.25) is 9.88 Å². The molecule has 0 unspecified atom stereocenters. The SMILES string of the molecule is Cc1ncc(CN2CCSCC2)c(CO)c1O. The van der Waals surface area contributed by atoms with Gasteiger partial charge in [0.2, 0.25) is 0 Å². The predicted octanol–water partition coefficient (Wildman–Crippen LogP) is 1.14. The van der Waals surface area contributed by atoms with Crippen LogP contribution >= 0.6 is 11.8 Å². The van der Waals surface area contributed by atoms with Crippen molar-refractivity contribution in [3.63, 3.8) is 0 Å². The number of hydrogen-bond donors (Lipinski definition) is 2. The van der Waals surface area contributed by atoms with Crippen LogP contribution in [0.3, 0.4) is 0 Å². The van der Waals surface area contributed by atoms with E-state index in [1.807, 2.05) is 11.8 Å². The summed E-state index contributed by atoms with van der Waals surface area (Å²) >= 11 is 1.97. The number of pyridine rings is 1. The first-order valence-corrected chi connectivity index (χ1v) is 6.95. The lowest BCUT2D eigenvalue weighted by Gasteiger charge is -2.27. The summed E-state index contributed by atoms with van der Waals surface area (Å²) in [6.07, 6.45) is 1.77. The van der Waals surface area contributed by atoms with Gasteiger partial charge in [0.05, 0.1) is 12.3 Å². The molecule has 0 spiro atoms. The van der Waals surface area contributed by atoms with Crippen molar-refractivity contribution >= 4 is 11.8 Å². The zero-order chi connectivity index (χ0) is 12.3. The van der Waals surface area contributed by atoms with E-state index >= 15 is 0 Å². The lowest BCUT2D eigenvalue weighted by atomic mass is 10.1. The maximum atomic E-state index is 9.86. The lowest BCUT2D eigenvalue weighted by molar-refractivity contribution is 0.262. The molecule has 1 aromatic heterocycles. The number of aliphatic hydroxyl groups excluding tert-OH is 1. The van der Waals surface area contributed by atoms with Crippen LogP contribution in [0.2, 0.25) is 0 Å². The van der Waals surface area contributed by atoms with Gasteiger partial charge in [-0.25, -0.2) is 0 Å². The van der Waals surface area contributed by atoms with Crippen molar-refractivity contribution in [2.75, 3.05) is 24.6 Å². The summed E-state index contributed by atoms with van der Waals surface area (Å²) in [5.41, 5.74) is 2.13. The summed E-state index contributed by atoms with van der Waals surface area (Å²) in [6, 6.07) is 0. The smallest absolute Gasteiger partial charge is 0.142 e. The van der Waals surface area contributed by atoms with E-state index in [0.717, 1.165) is 36.7 Å². The van der Waals surface area contributed by atoms with Crippen LogP contribution in [0, 0.1) is 6.92 Å². The number of aliphatic hydroxyl groups is 1. The molecular formula is C12H18N2O2S. The molecule has 2 rings (SSSR count). The zero-order valence-electron chi connectivity index (χ0n) is 10.0. The summed E-state index contributed by atoms with van der Waals surface area (Å²) in [4.78, 5) is 6.49. The van der Waals surface area contributed by atoms with Crippen molar-refractivity contribution in [1.82, 2.24) is 9.88 Å². The maximum absolute atomic E-state index is 9.86. The third-order valence-electron chi connectivity index (χ3n) is 3.09. The first kappa shape index (κ1) is 12.7. The van der Waals surface area contributed by atoms with Crippen molar-refractivity contribution in [2.45, 2.75) is 20.1 Å². The summed E-state index contributed by atoms with van der Waals surface area (Å²) in [5, 5.41) is 19.2. The average molecular weight is 254 g/mol. The molecule has 0 atom stereocenters. The number of hydrogen-bond acceptors (Lipinski definition) is 5. The van der Waals surface area contributed by atoms with Gasteiger partial charge in [-0.2, -0.15) is 11.8 Å². The molecule has 0 aromatic carbocycles. The Hall–Kier alpha value is -0.780. The molecule has 2 N–H and O–H groups in total. The highest BCUT2D eigenvalue weighted by Crippen LogP contribution is 2.25. The van der Waals surface area contributed by atoms with E-state index in [1.165, 1.54) is 0 Å². The monoisotopic (exact) mass is 254 g/mol. The van der Waals surface area contributed by atoms with E-state index in [2.05, 4.69) is 9.88 Å². The fourth-order valence-corrected chi connectivity index (χ4v) is 2.98. The van der Waals surface area contributed by atoms with Crippen LogP contribution in [-0.4, -0.2) is 44.7 Å². The summed E-state index contributed by atoms with van der Waals surface area (Å²) in [5.74, 6) is 2.44. The second-order valence-electron chi connectivity index (χ2n) is 4.24. The van der Waals surface area contributed by atoms with Crippen LogP contribution in [0.1, 0.15) is 16.8 Å². The molecule has 4 nitrogen and oxygen atoms in total. The maximum Gasteiger partial charge on any atom is 0.142 e. The van der Waals surface area contributed by atoms with Gasteiger partial charge in [0, 0.05) is 42.9 Å². The van der Waals surface area contributed by atoms with Gasteiger partial charge in [0.25, 0.3) is 0 Å². The number of rotatable bonds is 3. The highest BCUT2D eigenvalue weighted by molar-refractivity contribution is 7.99. The molecule has 94 valence electrons. The van der Waals surface area contributed by atoms with Crippen molar-refractivity contribution in [3.8, 4) is 5.75 Å². The Morgan fingerprint density at radius 3 is 2.76 bits per heavy atom. The van der Waals surface area contributed by atoms with Crippen LogP contribution < -0.4 is 0 Å². The van der Waals surface area contributed by atoms with Crippen LogP contribution in [0.5, 0.6) is 5.75 Å². The Balaban J connectivity index is 2.17. The zero-order valence-corrected chi connectivity index (χ0v) is 10.8. The van der Waals surface area contributed by atoms with Crippen molar-refractivity contribution < 1.29 is 10.2 Å². The predicted molar refractivity (Wildman–Crippen MR) is 69.2 cm³/mol. The molecule has 5 heteroatoms. The molecule has 0 amide bonds. The number of nitrogens with zero attached hydrogens (tertiary/aromatic N) is 2. The number of aromatic hydroxyl groups is 1. The van der Waals surface area contributed by atoms with Gasteiger partial charge in [-0.1, -0.05) is 0 Å². The Morgan fingerprint density at radius 1 is 1.41 bits per heavy atom. The van der Waals surface area contributed by atoms with Crippen LogP contribution in [0.4, 0.5) is 0 Å². The molecule has 2 heterocycles. The molecule has 1 aliphatic heterocycles. The minimum absolute atomic E-state index is 0.132. The quantitative estimate of drug-likeness (QED) is 0.847. The van der Waals surface area contributed by atoms with Gasteiger partial charge >= 0.3 is 0 Å². The Labute approximate surface area is 106 Å².